The van der Waals surface area contributed by atoms with Crippen molar-refractivity contribution in [2.24, 2.45) is 5.92 Å². The molecule has 25 heavy (non-hydrogen) atoms. The Bertz CT molecular complexity index is 785. The normalized spacial score (nSPS) is 16.2. The fourth-order valence-corrected chi connectivity index (χ4v) is 3.49. The van der Waals surface area contributed by atoms with E-state index < -0.39 is 0 Å². The molecule has 0 aliphatic heterocycles. The summed E-state index contributed by atoms with van der Waals surface area (Å²) in [6, 6.07) is 2.42. The van der Waals surface area contributed by atoms with Gasteiger partial charge in [0.2, 0.25) is 0 Å². The minimum Gasteiger partial charge on any atom is -0.504 e. The number of nitrogens with zero attached hydrogens (tertiary/aromatic N) is 5. The van der Waals surface area contributed by atoms with Crippen LogP contribution in [-0.4, -0.2) is 26.9 Å². The third kappa shape index (κ3) is 3.63. The highest BCUT2D eigenvalue weighted by atomic mass is 16.5. The Kier molecular flexibility index (Phi) is 5.29. The molecule has 7 nitrogen and oxygen atoms in total. The molecule has 130 valence electrons. The fourth-order valence-electron chi connectivity index (χ4n) is 3.49. The third-order valence-electron chi connectivity index (χ3n) is 4.74. The van der Waals surface area contributed by atoms with Gasteiger partial charge in [-0.05, 0) is 24.8 Å². The highest BCUT2D eigenvalue weighted by molar-refractivity contribution is 5.76. The van der Waals surface area contributed by atoms with E-state index in [1.165, 1.54) is 19.2 Å². The van der Waals surface area contributed by atoms with Gasteiger partial charge in [0.15, 0.2) is 0 Å². The lowest BCUT2D eigenvalue weighted by atomic mass is 9.96. The molecule has 1 aliphatic carbocycles. The SMILES string of the molecule is CO/C=C/c1c(N)ncnc1-c1cnn([C@H](CC#N)C2CCCC2)c1. The van der Waals surface area contributed by atoms with Crippen molar-refractivity contribution in [2.45, 2.75) is 38.1 Å². The summed E-state index contributed by atoms with van der Waals surface area (Å²) in [5.41, 5.74) is 8.24. The van der Waals surface area contributed by atoms with E-state index in [-0.39, 0.29) is 6.04 Å². The molecule has 1 fully saturated rings. The summed E-state index contributed by atoms with van der Waals surface area (Å²) in [4.78, 5) is 8.40. The van der Waals surface area contributed by atoms with E-state index in [0.717, 1.165) is 18.4 Å². The van der Waals surface area contributed by atoms with Gasteiger partial charge in [0.25, 0.3) is 0 Å². The van der Waals surface area contributed by atoms with Gasteiger partial charge in [-0.15, -0.1) is 0 Å². The first-order valence-electron chi connectivity index (χ1n) is 8.46. The molecule has 0 saturated heterocycles. The molecule has 0 unspecified atom stereocenters. The number of nitrogen functional groups attached to an aromatic ring is 1. The van der Waals surface area contributed by atoms with Gasteiger partial charge < -0.3 is 10.5 Å². The topological polar surface area (TPSA) is 103 Å². The molecule has 0 aromatic carbocycles. The Morgan fingerprint density at radius 1 is 1.44 bits per heavy atom. The zero-order valence-electron chi connectivity index (χ0n) is 14.3. The van der Waals surface area contributed by atoms with E-state index in [2.05, 4.69) is 21.1 Å². The molecule has 3 rings (SSSR count). The molecule has 1 saturated carbocycles. The smallest absolute Gasteiger partial charge is 0.134 e. The largest absolute Gasteiger partial charge is 0.504 e. The predicted octanol–water partition coefficient (Wildman–Crippen LogP) is 3.18. The second-order valence-corrected chi connectivity index (χ2v) is 6.24. The fraction of sp³-hybridized carbons (Fsp3) is 0.444. The van der Waals surface area contributed by atoms with Gasteiger partial charge >= 0.3 is 0 Å². The monoisotopic (exact) mass is 338 g/mol. The molecule has 2 N–H and O–H groups in total. The van der Waals surface area contributed by atoms with Gasteiger partial charge in [0, 0.05) is 17.3 Å². The lowest BCUT2D eigenvalue weighted by Gasteiger charge is -2.21. The minimum absolute atomic E-state index is 0.110. The van der Waals surface area contributed by atoms with Crippen LogP contribution in [0.15, 0.2) is 25.0 Å². The molecule has 2 aromatic rings. The van der Waals surface area contributed by atoms with Gasteiger partial charge in [-0.25, -0.2) is 9.97 Å². The minimum atomic E-state index is 0.110. The first-order chi connectivity index (χ1) is 12.2. The number of methoxy groups -OCH3 is 1. The van der Waals surface area contributed by atoms with Crippen LogP contribution in [0.5, 0.6) is 0 Å². The van der Waals surface area contributed by atoms with Crippen LogP contribution in [0.25, 0.3) is 17.3 Å². The molecule has 0 radical (unpaired) electrons. The number of hydrogen-bond acceptors (Lipinski definition) is 6. The maximum absolute atomic E-state index is 9.21. The highest BCUT2D eigenvalue weighted by Gasteiger charge is 2.27. The standard InChI is InChI=1S/C18H22N6O/c1-25-9-7-15-17(21-12-22-18(15)20)14-10-23-24(11-14)16(6-8-19)13-4-2-3-5-13/h7,9-13,16H,2-6H2,1H3,(H2,20,21,22)/b9-7+/t16-/m1/s1. The maximum atomic E-state index is 9.21. The quantitative estimate of drug-likeness (QED) is 0.811. The summed E-state index contributed by atoms with van der Waals surface area (Å²) >= 11 is 0. The number of nitriles is 1. The van der Waals surface area contributed by atoms with Crippen molar-refractivity contribution >= 4 is 11.9 Å². The van der Waals surface area contributed by atoms with Gasteiger partial charge in [0.05, 0.1) is 43.8 Å². The Morgan fingerprint density at radius 3 is 2.96 bits per heavy atom. The van der Waals surface area contributed by atoms with Crippen LogP contribution < -0.4 is 5.73 Å². The Morgan fingerprint density at radius 2 is 2.24 bits per heavy atom. The second kappa shape index (κ2) is 7.79. The molecule has 2 heterocycles. The molecule has 7 heteroatoms. The van der Waals surface area contributed by atoms with Gasteiger partial charge in [-0.3, -0.25) is 4.68 Å². The van der Waals surface area contributed by atoms with Crippen molar-refractivity contribution < 1.29 is 4.74 Å². The number of hydrogen-bond donors (Lipinski definition) is 1. The van der Waals surface area contributed by atoms with Gasteiger partial charge in [-0.2, -0.15) is 10.4 Å². The van der Waals surface area contributed by atoms with E-state index in [0.29, 0.717) is 29.4 Å². The summed E-state index contributed by atoms with van der Waals surface area (Å²) in [5, 5.41) is 13.7. The molecule has 0 amide bonds. The second-order valence-electron chi connectivity index (χ2n) is 6.24. The number of nitrogens with two attached hydrogens (primary N) is 1. The Labute approximate surface area is 147 Å². The average molecular weight is 338 g/mol. The summed E-state index contributed by atoms with van der Waals surface area (Å²) in [7, 11) is 1.57. The van der Waals surface area contributed by atoms with E-state index in [4.69, 9.17) is 10.5 Å². The molecule has 0 bridgehead atoms. The highest BCUT2D eigenvalue weighted by Crippen LogP contribution is 2.36. The predicted molar refractivity (Wildman–Crippen MR) is 94.9 cm³/mol. The van der Waals surface area contributed by atoms with Crippen molar-refractivity contribution in [3.63, 3.8) is 0 Å². The molecular weight excluding hydrogens is 316 g/mol. The number of rotatable bonds is 6. The molecule has 0 spiro atoms. The van der Waals surface area contributed by atoms with E-state index in [1.54, 1.807) is 25.6 Å². The first kappa shape index (κ1) is 17.0. The molecule has 2 aromatic heterocycles. The summed E-state index contributed by atoms with van der Waals surface area (Å²) in [5.74, 6) is 0.895. The summed E-state index contributed by atoms with van der Waals surface area (Å²) < 4.78 is 6.90. The van der Waals surface area contributed by atoms with Crippen LogP contribution in [0.2, 0.25) is 0 Å². The van der Waals surface area contributed by atoms with Gasteiger partial charge in [-0.1, -0.05) is 12.8 Å². The first-order valence-corrected chi connectivity index (χ1v) is 8.46. The van der Waals surface area contributed by atoms with Crippen LogP contribution in [0.4, 0.5) is 5.82 Å². The zero-order chi connectivity index (χ0) is 17.6. The zero-order valence-corrected chi connectivity index (χ0v) is 14.3. The third-order valence-corrected chi connectivity index (χ3v) is 4.74. The maximum Gasteiger partial charge on any atom is 0.134 e. The van der Waals surface area contributed by atoms with E-state index in [9.17, 15) is 5.26 Å². The summed E-state index contributed by atoms with van der Waals surface area (Å²) in [6.07, 6.45) is 13.7. The number of ether oxygens (including phenoxy) is 1. The van der Waals surface area contributed by atoms with Crippen LogP contribution in [0, 0.1) is 17.2 Å². The van der Waals surface area contributed by atoms with Crippen molar-refractivity contribution in [3.05, 3.63) is 30.5 Å². The van der Waals surface area contributed by atoms with Crippen LogP contribution >= 0.6 is 0 Å². The van der Waals surface area contributed by atoms with Crippen molar-refractivity contribution in [2.75, 3.05) is 12.8 Å². The average Bonchev–Trinajstić information content (AvgIpc) is 3.30. The van der Waals surface area contributed by atoms with Crippen molar-refractivity contribution in [1.82, 2.24) is 19.7 Å². The Balaban J connectivity index is 1.94. The molecule has 1 atom stereocenters. The van der Waals surface area contributed by atoms with E-state index >= 15 is 0 Å². The van der Waals surface area contributed by atoms with Gasteiger partial charge in [0.1, 0.15) is 12.1 Å². The van der Waals surface area contributed by atoms with E-state index in [1.807, 2.05) is 10.9 Å². The lowest BCUT2D eigenvalue weighted by molar-refractivity contribution is 0.315. The summed E-state index contributed by atoms with van der Waals surface area (Å²) in [6.45, 7) is 0. The van der Waals surface area contributed by atoms with Crippen molar-refractivity contribution in [1.29, 1.82) is 5.26 Å². The van der Waals surface area contributed by atoms with Crippen LogP contribution in [0.3, 0.4) is 0 Å². The molecule has 1 aliphatic rings. The van der Waals surface area contributed by atoms with Crippen LogP contribution in [-0.2, 0) is 4.74 Å². The number of aromatic nitrogens is 4. The lowest BCUT2D eigenvalue weighted by Crippen LogP contribution is -2.17. The van der Waals surface area contributed by atoms with Crippen LogP contribution in [0.1, 0.15) is 43.7 Å². The van der Waals surface area contributed by atoms with Crippen molar-refractivity contribution in [3.8, 4) is 17.3 Å². The Hall–Kier alpha value is -2.88. The molecular formula is C18H22N6O. The number of anilines is 1.